The number of nitrogens with zero attached hydrogens (tertiary/aromatic N) is 1. The molecule has 2 aromatic rings. The van der Waals surface area contributed by atoms with Gasteiger partial charge in [-0.05, 0) is 41.9 Å². The van der Waals surface area contributed by atoms with Gasteiger partial charge in [0, 0.05) is 15.7 Å². The zero-order chi connectivity index (χ0) is 18.5. The van der Waals surface area contributed by atoms with Crippen LogP contribution >= 0.6 is 23.2 Å². The molecule has 0 aliphatic carbocycles. The number of rotatable bonds is 6. The van der Waals surface area contributed by atoms with Crippen molar-refractivity contribution < 1.29 is 9.78 Å². The van der Waals surface area contributed by atoms with Crippen LogP contribution < -0.4 is 22.0 Å². The number of halogens is 2. The molecule has 1 heterocycles. The number of nitrogens with one attached hydrogen (secondary N) is 3. The third-order valence-electron chi connectivity index (χ3n) is 3.54. The van der Waals surface area contributed by atoms with E-state index in [-0.39, 0.29) is 12.4 Å². The Morgan fingerprint density at radius 1 is 1.23 bits per heavy atom. The Hall–Kier alpha value is -2.61. The fraction of sp³-hybridized carbons (Fsp3) is 0.118. The highest BCUT2D eigenvalue weighted by Crippen LogP contribution is 2.21. The number of benzene rings is 2. The van der Waals surface area contributed by atoms with E-state index in [0.717, 1.165) is 16.8 Å². The highest BCUT2D eigenvalue weighted by Gasteiger charge is 2.18. The van der Waals surface area contributed by atoms with Crippen molar-refractivity contribution in [3.8, 4) is 0 Å². The van der Waals surface area contributed by atoms with Gasteiger partial charge in [-0.3, -0.25) is 9.78 Å². The van der Waals surface area contributed by atoms with Crippen molar-refractivity contribution in [2.45, 2.75) is 13.5 Å². The molecule has 3 rings (SSSR count). The molecule has 0 amide bonds. The minimum absolute atomic E-state index is 0.181. The monoisotopic (exact) mass is 393 g/mol. The van der Waals surface area contributed by atoms with E-state index in [2.05, 4.69) is 21.4 Å². The molecule has 0 atom stereocenters. The molecule has 0 unspecified atom stereocenters. The first kappa shape index (κ1) is 18.2. The predicted molar refractivity (Wildman–Crippen MR) is 102 cm³/mol. The maximum Gasteiger partial charge on any atom is 0.196 e. The van der Waals surface area contributed by atoms with Gasteiger partial charge in [0.15, 0.2) is 17.4 Å². The largest absolute Gasteiger partial charge is 0.379 e. The maximum atomic E-state index is 6.15. The summed E-state index contributed by atoms with van der Waals surface area (Å²) in [4.78, 5) is 10.3. The van der Waals surface area contributed by atoms with Crippen molar-refractivity contribution in [1.82, 2.24) is 11.0 Å². The van der Waals surface area contributed by atoms with E-state index in [0.29, 0.717) is 21.6 Å². The van der Waals surface area contributed by atoms with Gasteiger partial charge in [-0.25, -0.2) is 5.48 Å². The smallest absolute Gasteiger partial charge is 0.196 e. The van der Waals surface area contributed by atoms with Crippen LogP contribution in [0.2, 0.25) is 10.0 Å². The van der Waals surface area contributed by atoms with Gasteiger partial charge >= 0.3 is 0 Å². The number of nitrogens with two attached hydrogens (primary N) is 1. The van der Waals surface area contributed by atoms with Crippen LogP contribution in [0, 0.1) is 6.92 Å². The van der Waals surface area contributed by atoms with Crippen molar-refractivity contribution in [2.24, 2.45) is 10.9 Å². The average Bonchev–Trinajstić information content (AvgIpc) is 3.03. The molecule has 9 heteroatoms. The van der Waals surface area contributed by atoms with Gasteiger partial charge in [-0.15, -0.1) is 0 Å². The van der Waals surface area contributed by atoms with Crippen LogP contribution in [0.15, 0.2) is 59.1 Å². The topological polar surface area (TPSA) is 92.9 Å². The summed E-state index contributed by atoms with van der Waals surface area (Å²) in [6.07, 6.45) is 0. The first-order chi connectivity index (χ1) is 12.5. The molecule has 1 aliphatic heterocycles. The maximum absolute atomic E-state index is 6.15. The lowest BCUT2D eigenvalue weighted by Crippen LogP contribution is -2.30. The number of oxime groups is 1. The summed E-state index contributed by atoms with van der Waals surface area (Å²) in [5.41, 5.74) is 14.4. The van der Waals surface area contributed by atoms with Gasteiger partial charge < -0.3 is 11.1 Å². The summed E-state index contributed by atoms with van der Waals surface area (Å²) < 4.78 is 0. The minimum Gasteiger partial charge on any atom is -0.379 e. The first-order valence-electron chi connectivity index (χ1n) is 7.68. The van der Waals surface area contributed by atoms with E-state index in [1.54, 1.807) is 18.2 Å². The van der Waals surface area contributed by atoms with Crippen LogP contribution in [0.5, 0.6) is 0 Å². The van der Waals surface area contributed by atoms with Crippen LogP contribution in [0.3, 0.4) is 0 Å². The highest BCUT2D eigenvalue weighted by molar-refractivity contribution is 6.35. The lowest BCUT2D eigenvalue weighted by atomic mass is 10.2. The van der Waals surface area contributed by atoms with E-state index in [1.807, 2.05) is 31.2 Å². The molecule has 5 N–H and O–H groups in total. The van der Waals surface area contributed by atoms with Gasteiger partial charge in [-0.2, -0.15) is 5.48 Å². The van der Waals surface area contributed by atoms with Crippen molar-refractivity contribution >= 4 is 34.7 Å². The Morgan fingerprint density at radius 2 is 2.00 bits per heavy atom. The zero-order valence-corrected chi connectivity index (χ0v) is 15.4. The first-order valence-corrected chi connectivity index (χ1v) is 8.44. The van der Waals surface area contributed by atoms with Crippen LogP contribution in [-0.4, -0.2) is 5.84 Å². The van der Waals surface area contributed by atoms with Crippen molar-refractivity contribution in [2.75, 3.05) is 5.32 Å². The van der Waals surface area contributed by atoms with Crippen molar-refractivity contribution in [3.05, 3.63) is 75.2 Å². The molecule has 0 saturated heterocycles. The normalized spacial score (nSPS) is 15.0. The number of aryl methyl sites for hydroxylation is 1. The Labute approximate surface area is 160 Å². The summed E-state index contributed by atoms with van der Waals surface area (Å²) in [5.74, 6) is 0.623. The van der Waals surface area contributed by atoms with E-state index < -0.39 is 0 Å². The Balaban J connectivity index is 1.72. The number of anilines is 1. The number of hydroxylamine groups is 2. The molecule has 0 fully saturated rings. The van der Waals surface area contributed by atoms with Crippen LogP contribution in [0.1, 0.15) is 11.1 Å². The van der Waals surface area contributed by atoms with Gasteiger partial charge in [0.1, 0.15) is 6.61 Å². The fourth-order valence-electron chi connectivity index (χ4n) is 2.14. The van der Waals surface area contributed by atoms with Crippen LogP contribution in [0.4, 0.5) is 5.69 Å². The third-order valence-corrected chi connectivity index (χ3v) is 4.12. The second kappa shape index (κ2) is 8.18. The van der Waals surface area contributed by atoms with E-state index in [9.17, 15) is 0 Å². The minimum atomic E-state index is 0.181. The van der Waals surface area contributed by atoms with Crippen molar-refractivity contribution in [1.29, 1.82) is 0 Å². The molecule has 26 heavy (non-hydrogen) atoms. The Morgan fingerprint density at radius 3 is 2.65 bits per heavy atom. The second-order valence-electron chi connectivity index (χ2n) is 5.54. The lowest BCUT2D eigenvalue weighted by molar-refractivity contribution is 0.0460. The Bertz CT molecular complexity index is 853. The van der Waals surface area contributed by atoms with Gasteiger partial charge in [0.05, 0.1) is 0 Å². The van der Waals surface area contributed by atoms with Gasteiger partial charge in [0.2, 0.25) is 0 Å². The average molecular weight is 394 g/mol. The van der Waals surface area contributed by atoms with Gasteiger partial charge in [-0.1, -0.05) is 47.0 Å². The quantitative estimate of drug-likeness (QED) is 0.562. The van der Waals surface area contributed by atoms with Crippen molar-refractivity contribution in [3.63, 3.8) is 0 Å². The van der Waals surface area contributed by atoms with Crippen LogP contribution in [-0.2, 0) is 16.4 Å². The van der Waals surface area contributed by atoms with E-state index in [4.69, 9.17) is 38.7 Å². The summed E-state index contributed by atoms with van der Waals surface area (Å²) in [6.45, 7) is 2.22. The van der Waals surface area contributed by atoms with E-state index in [1.165, 1.54) is 0 Å². The molecule has 0 saturated carbocycles. The molecule has 1 aliphatic rings. The molecule has 2 aromatic carbocycles. The lowest BCUT2D eigenvalue weighted by Gasteiger charge is -2.16. The third kappa shape index (κ3) is 4.51. The molecule has 0 spiro atoms. The Kier molecular flexibility index (Phi) is 5.72. The van der Waals surface area contributed by atoms with Gasteiger partial charge in [0.25, 0.3) is 0 Å². The summed E-state index contributed by atoms with van der Waals surface area (Å²) in [5, 5.41) is 7.89. The van der Waals surface area contributed by atoms with Crippen LogP contribution in [0.25, 0.3) is 0 Å². The van der Waals surface area contributed by atoms with E-state index >= 15 is 0 Å². The summed E-state index contributed by atoms with van der Waals surface area (Å²) in [7, 11) is 0. The summed E-state index contributed by atoms with van der Waals surface area (Å²) in [6, 6.07) is 13.0. The number of amidine groups is 1. The molecular weight excluding hydrogens is 377 g/mol. The summed E-state index contributed by atoms with van der Waals surface area (Å²) >= 11 is 12.0. The zero-order valence-electron chi connectivity index (χ0n) is 13.8. The molecule has 7 nitrogen and oxygen atoms in total. The highest BCUT2D eigenvalue weighted by atomic mass is 35.5. The number of hydrogen-bond acceptors (Lipinski definition) is 7. The molecular formula is C17H17Cl2N5O2. The molecule has 0 radical (unpaired) electrons. The predicted octanol–water partition coefficient (Wildman–Crippen LogP) is 3.41. The molecule has 0 bridgehead atoms. The standard InChI is InChI=1S/C17H17Cl2N5O2/c1-10-2-6-13(7-3-10)21-17(15-16(20)23-26-22-15)24-25-9-11-4-5-12(18)8-14(11)19/h2-8,21-22,24H,9H2,1H3,(H2,20,23). The fourth-order valence-corrected chi connectivity index (χ4v) is 2.60. The second-order valence-corrected chi connectivity index (χ2v) is 6.38. The SMILES string of the molecule is Cc1ccc(NC(NOCc2ccc(Cl)cc2Cl)=C2NON=C2N)cc1. The molecule has 0 aromatic heterocycles. The molecule has 136 valence electrons. The number of hydrogen-bond donors (Lipinski definition) is 4.